The van der Waals surface area contributed by atoms with E-state index in [1.165, 1.54) is 12.1 Å². The van der Waals surface area contributed by atoms with Gasteiger partial charge in [-0.3, -0.25) is 0 Å². The Bertz CT molecular complexity index is 354. The Morgan fingerprint density at radius 2 is 2.38 bits per heavy atom. The van der Waals surface area contributed by atoms with Crippen molar-refractivity contribution >= 4 is 0 Å². The van der Waals surface area contributed by atoms with Crippen molar-refractivity contribution in [2.75, 3.05) is 13.2 Å². The Labute approximate surface area is 95.8 Å². The predicted octanol–water partition coefficient (Wildman–Crippen LogP) is 3.04. The summed E-state index contributed by atoms with van der Waals surface area (Å²) in [6.07, 6.45) is 3.17. The molecule has 0 bridgehead atoms. The molecule has 0 amide bonds. The van der Waals surface area contributed by atoms with E-state index in [4.69, 9.17) is 4.74 Å². The molecule has 0 spiro atoms. The molecule has 1 unspecified atom stereocenters. The third kappa shape index (κ3) is 2.53. The number of nitrogens with one attached hydrogen (secondary N) is 1. The van der Waals surface area contributed by atoms with Crippen LogP contribution in [0.25, 0.3) is 0 Å². The molecule has 2 rings (SSSR count). The van der Waals surface area contributed by atoms with Gasteiger partial charge in [-0.25, -0.2) is 4.39 Å². The largest absolute Gasteiger partial charge is 0.493 e. The fourth-order valence-corrected chi connectivity index (χ4v) is 2.08. The van der Waals surface area contributed by atoms with Crippen LogP contribution in [0, 0.1) is 5.82 Å². The van der Waals surface area contributed by atoms with Gasteiger partial charge in [-0.1, -0.05) is 13.0 Å². The lowest BCUT2D eigenvalue weighted by atomic mass is 10.0. The van der Waals surface area contributed by atoms with Crippen LogP contribution in [0.3, 0.4) is 0 Å². The van der Waals surface area contributed by atoms with Crippen LogP contribution in [0.4, 0.5) is 4.39 Å². The van der Waals surface area contributed by atoms with Gasteiger partial charge in [-0.05, 0) is 31.9 Å². The highest BCUT2D eigenvalue weighted by Crippen LogP contribution is 2.31. The van der Waals surface area contributed by atoms with E-state index in [0.29, 0.717) is 18.4 Å². The van der Waals surface area contributed by atoms with Crippen molar-refractivity contribution in [1.29, 1.82) is 0 Å². The summed E-state index contributed by atoms with van der Waals surface area (Å²) in [5.41, 5.74) is 1.09. The highest BCUT2D eigenvalue weighted by atomic mass is 19.1. The first kappa shape index (κ1) is 11.4. The zero-order chi connectivity index (χ0) is 11.4. The first-order valence-corrected chi connectivity index (χ1v) is 5.97. The fourth-order valence-electron chi connectivity index (χ4n) is 2.08. The van der Waals surface area contributed by atoms with Gasteiger partial charge < -0.3 is 10.1 Å². The minimum atomic E-state index is -0.227. The van der Waals surface area contributed by atoms with Crippen LogP contribution in [-0.2, 0) is 0 Å². The summed E-state index contributed by atoms with van der Waals surface area (Å²) in [7, 11) is 0. The lowest BCUT2D eigenvalue weighted by Crippen LogP contribution is -2.21. The summed E-state index contributed by atoms with van der Waals surface area (Å²) in [6.45, 7) is 3.81. The zero-order valence-electron chi connectivity index (χ0n) is 9.63. The molecule has 0 saturated heterocycles. The molecule has 88 valence electrons. The Kier molecular flexibility index (Phi) is 3.78. The van der Waals surface area contributed by atoms with Crippen molar-refractivity contribution in [3.8, 4) is 5.75 Å². The van der Waals surface area contributed by atoms with Gasteiger partial charge in [-0.15, -0.1) is 0 Å². The van der Waals surface area contributed by atoms with E-state index < -0.39 is 0 Å². The summed E-state index contributed by atoms with van der Waals surface area (Å²) in [6, 6.07) is 5.14. The van der Waals surface area contributed by atoms with Crippen LogP contribution in [0.5, 0.6) is 5.75 Å². The fraction of sp³-hybridized carbons (Fsp3) is 0.538. The van der Waals surface area contributed by atoms with Gasteiger partial charge >= 0.3 is 0 Å². The van der Waals surface area contributed by atoms with Crippen molar-refractivity contribution in [1.82, 2.24) is 5.32 Å². The van der Waals surface area contributed by atoms with E-state index in [0.717, 1.165) is 31.4 Å². The molecular formula is C13H18FNO. The number of hydrogen-bond acceptors (Lipinski definition) is 2. The van der Waals surface area contributed by atoms with Crippen LogP contribution in [-0.4, -0.2) is 13.2 Å². The lowest BCUT2D eigenvalue weighted by molar-refractivity contribution is 0.314. The summed E-state index contributed by atoms with van der Waals surface area (Å²) in [4.78, 5) is 0. The minimum absolute atomic E-state index is 0.227. The minimum Gasteiger partial charge on any atom is -0.493 e. The Morgan fingerprint density at radius 3 is 3.19 bits per heavy atom. The van der Waals surface area contributed by atoms with Crippen molar-refractivity contribution in [2.45, 2.75) is 32.2 Å². The van der Waals surface area contributed by atoms with Crippen LogP contribution in [0.15, 0.2) is 18.2 Å². The monoisotopic (exact) mass is 223 g/mol. The molecule has 1 aliphatic rings. The quantitative estimate of drug-likeness (QED) is 0.850. The Balaban J connectivity index is 2.22. The molecule has 0 saturated carbocycles. The van der Waals surface area contributed by atoms with Crippen LogP contribution in [0.2, 0.25) is 0 Å². The molecule has 1 atom stereocenters. The number of hydrogen-bond donors (Lipinski definition) is 1. The first-order chi connectivity index (χ1) is 7.81. The number of rotatable bonds is 3. The topological polar surface area (TPSA) is 21.3 Å². The maximum Gasteiger partial charge on any atom is 0.126 e. The van der Waals surface area contributed by atoms with Crippen molar-refractivity contribution in [3.05, 3.63) is 29.6 Å². The molecule has 3 heteroatoms. The zero-order valence-corrected chi connectivity index (χ0v) is 9.63. The number of fused-ring (bicyclic) bond motifs is 1. The standard InChI is InChI=1S/C13H18FNO/c1-2-7-15-12-4-3-8-16-13-9-10(14)5-6-11(12)13/h5-6,9,12,15H,2-4,7-8H2,1H3. The molecule has 1 N–H and O–H groups in total. The maximum atomic E-state index is 13.1. The summed E-state index contributed by atoms with van der Waals surface area (Å²) in [5, 5.41) is 3.48. The number of benzene rings is 1. The molecule has 1 heterocycles. The summed E-state index contributed by atoms with van der Waals surface area (Å²) in [5.74, 6) is 0.473. The van der Waals surface area contributed by atoms with Gasteiger partial charge in [-0.2, -0.15) is 0 Å². The van der Waals surface area contributed by atoms with Gasteiger partial charge in [0.1, 0.15) is 11.6 Å². The highest BCUT2D eigenvalue weighted by Gasteiger charge is 2.19. The average Bonchev–Trinajstić information content (AvgIpc) is 2.48. The molecule has 0 fully saturated rings. The second-order valence-corrected chi connectivity index (χ2v) is 4.18. The van der Waals surface area contributed by atoms with E-state index in [1.807, 2.05) is 6.07 Å². The molecular weight excluding hydrogens is 205 g/mol. The van der Waals surface area contributed by atoms with Crippen LogP contribution >= 0.6 is 0 Å². The normalized spacial score (nSPS) is 19.8. The summed E-state index contributed by atoms with van der Waals surface area (Å²) < 4.78 is 18.7. The van der Waals surface area contributed by atoms with Crippen molar-refractivity contribution < 1.29 is 9.13 Å². The smallest absolute Gasteiger partial charge is 0.126 e. The van der Waals surface area contributed by atoms with Crippen LogP contribution in [0.1, 0.15) is 37.8 Å². The second kappa shape index (κ2) is 5.30. The highest BCUT2D eigenvalue weighted by molar-refractivity contribution is 5.37. The third-order valence-electron chi connectivity index (χ3n) is 2.89. The Morgan fingerprint density at radius 1 is 1.50 bits per heavy atom. The molecule has 0 radical (unpaired) electrons. The molecule has 2 nitrogen and oxygen atoms in total. The van der Waals surface area contributed by atoms with Gasteiger partial charge in [0.25, 0.3) is 0 Å². The lowest BCUT2D eigenvalue weighted by Gasteiger charge is -2.17. The van der Waals surface area contributed by atoms with E-state index in [9.17, 15) is 4.39 Å². The first-order valence-electron chi connectivity index (χ1n) is 5.97. The molecule has 1 aliphatic heterocycles. The average molecular weight is 223 g/mol. The molecule has 0 aromatic heterocycles. The molecule has 1 aromatic rings. The SMILES string of the molecule is CCCNC1CCCOc2cc(F)ccc21. The second-order valence-electron chi connectivity index (χ2n) is 4.18. The predicted molar refractivity (Wildman–Crippen MR) is 62.2 cm³/mol. The van der Waals surface area contributed by atoms with Crippen molar-refractivity contribution in [2.24, 2.45) is 0 Å². The van der Waals surface area contributed by atoms with Gasteiger partial charge in [0.2, 0.25) is 0 Å². The van der Waals surface area contributed by atoms with E-state index >= 15 is 0 Å². The van der Waals surface area contributed by atoms with Gasteiger partial charge in [0, 0.05) is 17.7 Å². The van der Waals surface area contributed by atoms with Gasteiger partial charge in [0.15, 0.2) is 0 Å². The number of ether oxygens (including phenoxy) is 1. The summed E-state index contributed by atoms with van der Waals surface area (Å²) >= 11 is 0. The van der Waals surface area contributed by atoms with Gasteiger partial charge in [0.05, 0.1) is 6.61 Å². The van der Waals surface area contributed by atoms with E-state index in [2.05, 4.69) is 12.2 Å². The third-order valence-corrected chi connectivity index (χ3v) is 2.89. The maximum absolute atomic E-state index is 13.1. The molecule has 0 aliphatic carbocycles. The molecule has 1 aromatic carbocycles. The Hall–Kier alpha value is -1.09. The van der Waals surface area contributed by atoms with Crippen LogP contribution < -0.4 is 10.1 Å². The number of halogens is 1. The van der Waals surface area contributed by atoms with Crippen molar-refractivity contribution in [3.63, 3.8) is 0 Å². The van der Waals surface area contributed by atoms with E-state index in [1.54, 1.807) is 0 Å². The van der Waals surface area contributed by atoms with E-state index in [-0.39, 0.29) is 5.82 Å². The molecule has 16 heavy (non-hydrogen) atoms.